The molecular formula is C43H26N2O. The van der Waals surface area contributed by atoms with Crippen LogP contribution in [-0.4, -0.2) is 9.97 Å². The molecule has 0 amide bonds. The summed E-state index contributed by atoms with van der Waals surface area (Å²) in [6, 6.07) is 55.7. The summed E-state index contributed by atoms with van der Waals surface area (Å²) in [4.78, 5) is 10.6. The summed E-state index contributed by atoms with van der Waals surface area (Å²) in [5.41, 5.74) is 12.3. The van der Waals surface area contributed by atoms with Crippen LogP contribution in [0.25, 0.3) is 55.4 Å². The van der Waals surface area contributed by atoms with Gasteiger partial charge < -0.3 is 4.74 Å². The summed E-state index contributed by atoms with van der Waals surface area (Å²) in [7, 11) is 0. The van der Waals surface area contributed by atoms with E-state index in [1.54, 1.807) is 0 Å². The second kappa shape index (κ2) is 9.47. The predicted octanol–water partition coefficient (Wildman–Crippen LogP) is 10.6. The fraction of sp³-hybridized carbons (Fsp3) is 0.0233. The maximum absolute atomic E-state index is 6.86. The monoisotopic (exact) mass is 586 g/mol. The van der Waals surface area contributed by atoms with E-state index in [4.69, 9.17) is 14.7 Å². The summed E-state index contributed by atoms with van der Waals surface area (Å²) in [6.45, 7) is 0. The van der Waals surface area contributed by atoms with Gasteiger partial charge >= 0.3 is 0 Å². The van der Waals surface area contributed by atoms with Crippen LogP contribution in [0.5, 0.6) is 11.5 Å². The molecule has 1 aliphatic carbocycles. The van der Waals surface area contributed by atoms with Gasteiger partial charge in [0.15, 0.2) is 0 Å². The average Bonchev–Trinajstić information content (AvgIpc) is 3.44. The molecule has 8 aromatic rings. The predicted molar refractivity (Wildman–Crippen MR) is 185 cm³/mol. The van der Waals surface area contributed by atoms with Gasteiger partial charge in [-0.15, -0.1) is 0 Å². The summed E-state index contributed by atoms with van der Waals surface area (Å²) >= 11 is 0. The van der Waals surface area contributed by atoms with Crippen LogP contribution in [0.1, 0.15) is 22.3 Å². The van der Waals surface area contributed by atoms with Gasteiger partial charge in [0.25, 0.3) is 0 Å². The van der Waals surface area contributed by atoms with Crippen LogP contribution in [0.2, 0.25) is 0 Å². The van der Waals surface area contributed by atoms with Crippen molar-refractivity contribution in [3.63, 3.8) is 0 Å². The fourth-order valence-corrected chi connectivity index (χ4v) is 7.80. The Labute approximate surface area is 266 Å². The van der Waals surface area contributed by atoms with Crippen molar-refractivity contribution >= 4 is 21.8 Å². The molecule has 0 spiro atoms. The molecule has 0 fully saturated rings. The first-order valence-electron chi connectivity index (χ1n) is 15.7. The number of ether oxygens (including phenoxy) is 1. The molecule has 2 heterocycles. The Hall–Kier alpha value is -6.06. The molecule has 1 aliphatic heterocycles. The van der Waals surface area contributed by atoms with Gasteiger partial charge in [0.1, 0.15) is 11.5 Å². The van der Waals surface area contributed by atoms with Gasteiger partial charge in [-0.05, 0) is 45.8 Å². The number of nitrogens with zero attached hydrogens (tertiary/aromatic N) is 2. The number of benzene rings is 7. The highest BCUT2D eigenvalue weighted by molar-refractivity contribution is 6.05. The molecule has 1 atom stereocenters. The molecule has 2 aliphatic rings. The van der Waals surface area contributed by atoms with Crippen LogP contribution in [0, 0.1) is 0 Å². The van der Waals surface area contributed by atoms with Crippen molar-refractivity contribution in [2.45, 2.75) is 5.41 Å². The molecule has 46 heavy (non-hydrogen) atoms. The maximum atomic E-state index is 6.86. The van der Waals surface area contributed by atoms with Crippen molar-refractivity contribution in [3.8, 4) is 45.1 Å². The standard InChI is InChI=1S/C43H26N2O/c1-3-13-28(14-4-1)40-41(45-42-31-17-8-7-12-27(31)23-25-36(42)44-40)29-22-24-35-38(26-29)46-37-21-11-19-33-32-18-9-10-20-34(32)43(35,39(33)37)30-15-5-2-6-16-30/h1-26H. The lowest BCUT2D eigenvalue weighted by Gasteiger charge is -2.39. The maximum Gasteiger partial charge on any atom is 0.132 e. The first kappa shape index (κ1) is 25.3. The molecule has 7 aromatic carbocycles. The van der Waals surface area contributed by atoms with Crippen molar-refractivity contribution in [2.75, 3.05) is 0 Å². The molecule has 0 saturated carbocycles. The fourth-order valence-electron chi connectivity index (χ4n) is 7.80. The smallest absolute Gasteiger partial charge is 0.132 e. The van der Waals surface area contributed by atoms with E-state index in [0.29, 0.717) is 0 Å². The molecular weight excluding hydrogens is 560 g/mol. The van der Waals surface area contributed by atoms with E-state index in [2.05, 4.69) is 152 Å². The minimum absolute atomic E-state index is 0.497. The lowest BCUT2D eigenvalue weighted by atomic mass is 9.66. The van der Waals surface area contributed by atoms with Crippen LogP contribution in [0.3, 0.4) is 0 Å². The number of aromatic nitrogens is 2. The topological polar surface area (TPSA) is 35.0 Å². The van der Waals surface area contributed by atoms with Crippen LogP contribution < -0.4 is 4.74 Å². The summed E-state index contributed by atoms with van der Waals surface area (Å²) < 4.78 is 6.86. The van der Waals surface area contributed by atoms with Gasteiger partial charge in [0.2, 0.25) is 0 Å². The summed E-state index contributed by atoms with van der Waals surface area (Å²) in [5.74, 6) is 1.72. The van der Waals surface area contributed by atoms with Gasteiger partial charge in [-0.2, -0.15) is 0 Å². The Bertz CT molecular complexity index is 2500. The quantitative estimate of drug-likeness (QED) is 0.193. The molecule has 0 N–H and O–H groups in total. The third-order valence-corrected chi connectivity index (χ3v) is 9.71. The van der Waals surface area contributed by atoms with E-state index in [1.165, 1.54) is 27.8 Å². The van der Waals surface area contributed by atoms with Crippen LogP contribution in [0.15, 0.2) is 158 Å². The molecule has 1 unspecified atom stereocenters. The lowest BCUT2D eigenvalue weighted by Crippen LogP contribution is -2.31. The number of fused-ring (bicyclic) bond motifs is 8. The normalized spacial score (nSPS) is 15.7. The zero-order valence-electron chi connectivity index (χ0n) is 24.8. The van der Waals surface area contributed by atoms with Gasteiger partial charge in [0, 0.05) is 27.6 Å². The SMILES string of the molecule is c1ccc(-c2nc3ccc4ccccc4c3nc2-c2ccc3c(c2)Oc2cccc4c2C3(c2ccccc2)c2ccccc2-4)cc1. The Morgan fingerprint density at radius 3 is 2.11 bits per heavy atom. The molecule has 1 aromatic heterocycles. The molecule has 3 heteroatoms. The largest absolute Gasteiger partial charge is 0.457 e. The van der Waals surface area contributed by atoms with E-state index in [9.17, 15) is 0 Å². The van der Waals surface area contributed by atoms with E-state index in [1.807, 2.05) is 6.07 Å². The van der Waals surface area contributed by atoms with Crippen molar-refractivity contribution in [1.29, 1.82) is 0 Å². The molecule has 0 bridgehead atoms. The second-order valence-corrected chi connectivity index (χ2v) is 12.1. The van der Waals surface area contributed by atoms with E-state index in [-0.39, 0.29) is 0 Å². The number of hydrogen-bond acceptors (Lipinski definition) is 3. The molecule has 0 saturated heterocycles. The first-order valence-corrected chi connectivity index (χ1v) is 15.7. The third kappa shape index (κ3) is 3.37. The highest BCUT2D eigenvalue weighted by Crippen LogP contribution is 2.63. The van der Waals surface area contributed by atoms with Crippen LogP contribution in [-0.2, 0) is 5.41 Å². The van der Waals surface area contributed by atoms with E-state index in [0.717, 1.165) is 61.4 Å². The van der Waals surface area contributed by atoms with E-state index >= 15 is 0 Å². The van der Waals surface area contributed by atoms with E-state index < -0.39 is 5.41 Å². The van der Waals surface area contributed by atoms with Gasteiger partial charge in [-0.25, -0.2) is 9.97 Å². The summed E-state index contributed by atoms with van der Waals surface area (Å²) in [6.07, 6.45) is 0. The molecule has 3 nitrogen and oxygen atoms in total. The Balaban J connectivity index is 1.27. The lowest BCUT2D eigenvalue weighted by molar-refractivity contribution is 0.438. The van der Waals surface area contributed by atoms with Gasteiger partial charge in [-0.1, -0.05) is 140 Å². The van der Waals surface area contributed by atoms with Gasteiger partial charge in [-0.3, -0.25) is 0 Å². The average molecular weight is 587 g/mol. The van der Waals surface area contributed by atoms with Crippen LogP contribution in [0.4, 0.5) is 0 Å². The Morgan fingerprint density at radius 2 is 1.22 bits per heavy atom. The molecule has 214 valence electrons. The second-order valence-electron chi connectivity index (χ2n) is 12.1. The van der Waals surface area contributed by atoms with Crippen molar-refractivity contribution in [2.24, 2.45) is 0 Å². The van der Waals surface area contributed by atoms with Crippen molar-refractivity contribution < 1.29 is 4.74 Å². The minimum Gasteiger partial charge on any atom is -0.457 e. The number of rotatable bonds is 3. The molecule has 10 rings (SSSR count). The minimum atomic E-state index is -0.497. The summed E-state index contributed by atoms with van der Waals surface area (Å²) in [5, 5.41) is 2.24. The zero-order chi connectivity index (χ0) is 30.2. The number of hydrogen-bond donors (Lipinski definition) is 0. The first-order chi connectivity index (χ1) is 22.8. The van der Waals surface area contributed by atoms with Crippen molar-refractivity contribution in [1.82, 2.24) is 9.97 Å². The highest BCUT2D eigenvalue weighted by Gasteiger charge is 2.51. The zero-order valence-corrected chi connectivity index (χ0v) is 24.8. The Morgan fingerprint density at radius 1 is 0.478 bits per heavy atom. The molecule has 0 radical (unpaired) electrons. The Kier molecular flexibility index (Phi) is 5.20. The highest BCUT2D eigenvalue weighted by atomic mass is 16.5. The van der Waals surface area contributed by atoms with Crippen molar-refractivity contribution in [3.05, 3.63) is 180 Å². The van der Waals surface area contributed by atoms with Gasteiger partial charge in [0.05, 0.1) is 27.8 Å². The van der Waals surface area contributed by atoms with Crippen LogP contribution >= 0.6 is 0 Å². The third-order valence-electron chi connectivity index (χ3n) is 9.71.